The summed E-state index contributed by atoms with van der Waals surface area (Å²) in [5.74, 6) is -1.59. The molecule has 0 saturated carbocycles. The lowest BCUT2D eigenvalue weighted by atomic mass is 10.4. The minimum atomic E-state index is -1.09. The van der Waals surface area contributed by atoms with Crippen molar-refractivity contribution in [1.82, 2.24) is 0 Å². The first kappa shape index (κ1) is 13.3. The van der Waals surface area contributed by atoms with Gasteiger partial charge in [0.15, 0.2) is 4.86 Å². The molecular formula is C9H8Cl2O4S. The number of hydrogen-bond donors (Lipinski definition) is 0. The van der Waals surface area contributed by atoms with Crippen molar-refractivity contribution in [2.45, 2.75) is 0 Å². The number of esters is 2. The van der Waals surface area contributed by atoms with E-state index in [9.17, 15) is 9.59 Å². The van der Waals surface area contributed by atoms with Crippen LogP contribution in [0.15, 0.2) is 20.9 Å². The molecule has 16 heavy (non-hydrogen) atoms. The van der Waals surface area contributed by atoms with Crippen LogP contribution in [0.2, 0.25) is 0 Å². The van der Waals surface area contributed by atoms with Gasteiger partial charge in [0.1, 0.15) is 0 Å². The molecule has 0 aromatic heterocycles. The number of ether oxygens (including phenoxy) is 2. The van der Waals surface area contributed by atoms with Crippen molar-refractivity contribution in [3.8, 4) is 0 Å². The largest absolute Gasteiger partial charge is 0.465 e. The molecule has 0 aliphatic carbocycles. The molecule has 1 aliphatic rings. The molecule has 0 radical (unpaired) electrons. The fourth-order valence-electron chi connectivity index (χ4n) is 0.991. The van der Waals surface area contributed by atoms with Crippen molar-refractivity contribution in [2.75, 3.05) is 14.2 Å². The van der Waals surface area contributed by atoms with E-state index in [0.29, 0.717) is 8.73 Å². The number of hydrogen-bond acceptors (Lipinski definition) is 4. The Hall–Kier alpha value is -0.780. The third-order valence-corrected chi connectivity index (χ3v) is 4.65. The van der Waals surface area contributed by atoms with Crippen LogP contribution in [-0.4, -0.2) is 31.0 Å². The van der Waals surface area contributed by atoms with Gasteiger partial charge in [-0.25, -0.2) is 9.59 Å². The third kappa shape index (κ3) is 2.48. The van der Waals surface area contributed by atoms with Crippen LogP contribution >= 0.6 is 33.7 Å². The van der Waals surface area contributed by atoms with Gasteiger partial charge in [0, 0.05) is 0 Å². The summed E-state index contributed by atoms with van der Waals surface area (Å²) in [7, 11) is 1.24. The highest BCUT2D eigenvalue weighted by molar-refractivity contribution is 8.26. The summed E-state index contributed by atoms with van der Waals surface area (Å²) in [5.41, 5.74) is 0. The van der Waals surface area contributed by atoms with E-state index in [1.807, 2.05) is 0 Å². The van der Waals surface area contributed by atoms with E-state index < -0.39 is 22.4 Å². The molecule has 0 fully saturated rings. The first-order chi connectivity index (χ1) is 7.52. The second-order valence-corrected chi connectivity index (χ2v) is 5.72. The Bertz CT molecular complexity index is 399. The van der Waals surface area contributed by atoms with Gasteiger partial charge in [-0.05, 0) is 12.2 Å². The van der Waals surface area contributed by atoms with E-state index in [0.717, 1.165) is 0 Å². The molecule has 0 unspecified atom stereocenters. The van der Waals surface area contributed by atoms with Gasteiger partial charge in [-0.1, -0.05) is 33.7 Å². The summed E-state index contributed by atoms with van der Waals surface area (Å²) in [6.07, 6.45) is 3.05. The molecule has 0 spiro atoms. The van der Waals surface area contributed by atoms with Crippen molar-refractivity contribution in [1.29, 1.82) is 0 Å². The smallest absolute Gasteiger partial charge is 0.351 e. The van der Waals surface area contributed by atoms with Gasteiger partial charge in [-0.15, -0.1) is 0 Å². The summed E-state index contributed by atoms with van der Waals surface area (Å²) in [6, 6.07) is 0. The number of carbonyl (C=O) groups is 2. The Morgan fingerprint density at radius 1 is 1.06 bits per heavy atom. The lowest BCUT2D eigenvalue weighted by Gasteiger charge is -2.09. The Morgan fingerprint density at radius 3 is 1.75 bits per heavy atom. The summed E-state index contributed by atoms with van der Waals surface area (Å²) >= 11 is 11.7. The number of rotatable bonds is 2. The lowest BCUT2D eigenvalue weighted by molar-refractivity contribution is -0.137. The predicted molar refractivity (Wildman–Crippen MR) is 64.5 cm³/mol. The molecule has 4 nitrogen and oxygen atoms in total. The van der Waals surface area contributed by atoms with Crippen molar-refractivity contribution < 1.29 is 19.1 Å². The third-order valence-electron chi connectivity index (χ3n) is 1.68. The Morgan fingerprint density at radius 2 is 1.44 bits per heavy atom. The van der Waals surface area contributed by atoms with E-state index in [1.54, 1.807) is 0 Å². The van der Waals surface area contributed by atoms with Crippen LogP contribution in [-0.2, 0) is 19.1 Å². The molecular weight excluding hydrogens is 275 g/mol. The van der Waals surface area contributed by atoms with Crippen LogP contribution in [0.5, 0.6) is 0 Å². The minimum absolute atomic E-state index is 0.204. The highest BCUT2D eigenvalue weighted by Gasteiger charge is 2.28. The van der Waals surface area contributed by atoms with E-state index in [1.165, 1.54) is 26.4 Å². The first-order valence-corrected chi connectivity index (χ1v) is 6.01. The summed E-state index contributed by atoms with van der Waals surface area (Å²) in [5, 5.41) is 0. The molecule has 0 aromatic carbocycles. The zero-order valence-electron chi connectivity index (χ0n) is 8.45. The number of carbonyl (C=O) groups excluding carboxylic acids is 2. The molecule has 1 rings (SSSR count). The van der Waals surface area contributed by atoms with Crippen LogP contribution in [0.25, 0.3) is 0 Å². The normalized spacial score (nSPS) is 15.2. The maximum Gasteiger partial charge on any atom is 0.351 e. The average Bonchev–Trinajstić information content (AvgIpc) is 2.60. The van der Waals surface area contributed by atoms with Crippen LogP contribution in [0, 0.1) is 0 Å². The topological polar surface area (TPSA) is 52.6 Å². The molecule has 1 aliphatic heterocycles. The maximum absolute atomic E-state index is 11.5. The van der Waals surface area contributed by atoms with Gasteiger partial charge in [0.25, 0.3) is 0 Å². The summed E-state index contributed by atoms with van der Waals surface area (Å²) < 4.78 is 9.61. The molecule has 1 heterocycles. The van der Waals surface area contributed by atoms with Crippen LogP contribution in [0.3, 0.4) is 0 Å². The van der Waals surface area contributed by atoms with Crippen molar-refractivity contribution in [2.24, 2.45) is 0 Å². The van der Waals surface area contributed by atoms with E-state index >= 15 is 0 Å². The zero-order chi connectivity index (χ0) is 12.3. The quantitative estimate of drug-likeness (QED) is 0.441. The zero-order valence-corrected chi connectivity index (χ0v) is 10.8. The minimum Gasteiger partial charge on any atom is -0.465 e. The maximum atomic E-state index is 11.5. The van der Waals surface area contributed by atoms with Crippen LogP contribution < -0.4 is 0 Å². The molecule has 0 amide bonds. The summed E-state index contributed by atoms with van der Waals surface area (Å²) in [4.78, 5) is 22.7. The van der Waals surface area contributed by atoms with Crippen molar-refractivity contribution >= 4 is 50.5 Å². The first-order valence-electron chi connectivity index (χ1n) is 4.03. The number of allylic oxidation sites excluding steroid dienone is 2. The molecule has 0 saturated heterocycles. The van der Waals surface area contributed by atoms with Gasteiger partial charge in [0.05, 0.1) is 22.9 Å². The Kier molecular flexibility index (Phi) is 4.58. The van der Waals surface area contributed by atoms with Gasteiger partial charge < -0.3 is 9.47 Å². The SMILES string of the molecule is COC(=O)C(C(=O)OC)=S1C(Cl)=CC=C1Cl. The lowest BCUT2D eigenvalue weighted by Crippen LogP contribution is -2.26. The Labute approximate surface area is 105 Å². The number of halogens is 2. The molecule has 7 heteroatoms. The van der Waals surface area contributed by atoms with Crippen LogP contribution in [0.1, 0.15) is 0 Å². The van der Waals surface area contributed by atoms with Crippen LogP contribution in [0.4, 0.5) is 0 Å². The fraction of sp³-hybridized carbons (Fsp3) is 0.222. The van der Waals surface area contributed by atoms with Crippen molar-refractivity contribution in [3.05, 3.63) is 20.9 Å². The monoisotopic (exact) mass is 282 g/mol. The standard InChI is InChI=1S/C9H8Cl2O4S/c1-14-8(12)7(9(13)15-2)16-5(10)3-4-6(16)11/h3-4H,1-2H3. The predicted octanol–water partition coefficient (Wildman–Crippen LogP) is 1.95. The second-order valence-electron chi connectivity index (χ2n) is 2.56. The van der Waals surface area contributed by atoms with E-state index in [2.05, 4.69) is 9.47 Å². The molecule has 0 bridgehead atoms. The number of methoxy groups -OCH3 is 2. The molecule has 0 atom stereocenters. The highest BCUT2D eigenvalue weighted by atomic mass is 35.5. The molecule has 0 aromatic rings. The average molecular weight is 283 g/mol. The van der Waals surface area contributed by atoms with Gasteiger partial charge in [0.2, 0.25) is 0 Å². The Balaban J connectivity index is 3.35. The summed E-state index contributed by atoms with van der Waals surface area (Å²) in [6.45, 7) is 0. The van der Waals surface area contributed by atoms with Crippen molar-refractivity contribution in [3.63, 3.8) is 0 Å². The van der Waals surface area contributed by atoms with E-state index in [-0.39, 0.29) is 4.86 Å². The fourth-order valence-corrected chi connectivity index (χ4v) is 3.68. The van der Waals surface area contributed by atoms with E-state index in [4.69, 9.17) is 23.2 Å². The molecule has 88 valence electrons. The van der Waals surface area contributed by atoms with Gasteiger partial charge in [-0.3, -0.25) is 0 Å². The van der Waals surface area contributed by atoms with Gasteiger partial charge >= 0.3 is 11.9 Å². The molecule has 0 N–H and O–H groups in total. The van der Waals surface area contributed by atoms with Gasteiger partial charge in [-0.2, -0.15) is 0 Å². The second kappa shape index (κ2) is 5.52. The highest BCUT2D eigenvalue weighted by Crippen LogP contribution is 2.45.